The van der Waals surface area contributed by atoms with Gasteiger partial charge in [-0.25, -0.2) is 0 Å². The topological polar surface area (TPSA) is 81.6 Å². The van der Waals surface area contributed by atoms with Crippen molar-refractivity contribution in [2.24, 2.45) is 0 Å². The molecule has 1 amide bonds. The van der Waals surface area contributed by atoms with Crippen molar-refractivity contribution >= 4 is 23.4 Å². The van der Waals surface area contributed by atoms with Gasteiger partial charge >= 0.3 is 0 Å². The molecule has 142 valence electrons. The molecule has 28 heavy (non-hydrogen) atoms. The van der Waals surface area contributed by atoms with Gasteiger partial charge in [0.2, 0.25) is 0 Å². The van der Waals surface area contributed by atoms with Gasteiger partial charge in [-0.1, -0.05) is 35.0 Å². The predicted molar refractivity (Wildman–Crippen MR) is 108 cm³/mol. The third-order valence-corrected chi connectivity index (χ3v) is 4.79. The summed E-state index contributed by atoms with van der Waals surface area (Å²) in [4.78, 5) is 14.9. The van der Waals surface area contributed by atoms with Gasteiger partial charge in [0.1, 0.15) is 5.76 Å². The molecular formula is C22H21N3O3. The fourth-order valence-corrected chi connectivity index (χ4v) is 3.28. The number of ether oxygens (including phenoxy) is 1. The Hall–Kier alpha value is -3.54. The molecule has 6 nitrogen and oxygen atoms in total. The Kier molecular flexibility index (Phi) is 4.39. The van der Waals surface area contributed by atoms with Crippen LogP contribution in [-0.4, -0.2) is 11.1 Å². The number of aromatic nitrogens is 1. The van der Waals surface area contributed by atoms with E-state index in [0.717, 1.165) is 22.4 Å². The summed E-state index contributed by atoms with van der Waals surface area (Å²) in [5.41, 5.74) is 10.8. The average molecular weight is 375 g/mol. The van der Waals surface area contributed by atoms with Crippen molar-refractivity contribution in [2.75, 3.05) is 10.6 Å². The Morgan fingerprint density at radius 3 is 2.68 bits per heavy atom. The van der Waals surface area contributed by atoms with E-state index in [9.17, 15) is 4.79 Å². The summed E-state index contributed by atoms with van der Waals surface area (Å²) in [6, 6.07) is 13.2. The zero-order chi connectivity index (χ0) is 19.8. The lowest BCUT2D eigenvalue weighted by atomic mass is 10.1. The fourth-order valence-electron chi connectivity index (χ4n) is 3.28. The van der Waals surface area contributed by atoms with Gasteiger partial charge in [0.15, 0.2) is 11.5 Å². The molecule has 6 heteroatoms. The number of carbonyl (C=O) groups excluding carboxylic acids is 1. The minimum atomic E-state index is -0.236. The summed E-state index contributed by atoms with van der Waals surface area (Å²) < 4.78 is 11.2. The number of nitrogens with two attached hydrogens (primary N) is 1. The van der Waals surface area contributed by atoms with Crippen LogP contribution in [0.15, 0.2) is 52.7 Å². The second-order valence-corrected chi connectivity index (χ2v) is 6.95. The van der Waals surface area contributed by atoms with Crippen LogP contribution in [0.4, 0.5) is 11.4 Å². The minimum Gasteiger partial charge on any atom is -0.449 e. The highest BCUT2D eigenvalue weighted by Crippen LogP contribution is 2.38. The first-order valence-corrected chi connectivity index (χ1v) is 9.02. The van der Waals surface area contributed by atoms with Crippen molar-refractivity contribution in [2.45, 2.75) is 27.3 Å². The molecule has 1 aliphatic heterocycles. The molecule has 3 aromatic rings. The summed E-state index contributed by atoms with van der Waals surface area (Å²) in [7, 11) is 0. The maximum Gasteiger partial charge on any atom is 0.294 e. The maximum atomic E-state index is 13.3. The number of aryl methyl sites for hydroxylation is 3. The number of amides is 1. The Morgan fingerprint density at radius 1 is 1.14 bits per heavy atom. The number of carbonyl (C=O) groups is 1. The Balaban J connectivity index is 1.79. The van der Waals surface area contributed by atoms with Crippen LogP contribution in [-0.2, 0) is 11.3 Å². The number of nitrogens with zero attached hydrogens (tertiary/aromatic N) is 2. The van der Waals surface area contributed by atoms with Gasteiger partial charge < -0.3 is 15.0 Å². The molecule has 0 spiro atoms. The lowest BCUT2D eigenvalue weighted by Crippen LogP contribution is -2.37. The molecule has 2 aromatic carbocycles. The summed E-state index contributed by atoms with van der Waals surface area (Å²) in [5.74, 6) is 1.29. The van der Waals surface area contributed by atoms with E-state index in [4.69, 9.17) is 15.0 Å². The average Bonchev–Trinajstić information content (AvgIpc) is 2.97. The molecule has 0 atom stereocenters. The highest BCUT2D eigenvalue weighted by atomic mass is 16.5. The van der Waals surface area contributed by atoms with E-state index < -0.39 is 0 Å². The van der Waals surface area contributed by atoms with Crippen LogP contribution in [0.5, 0.6) is 5.75 Å². The molecule has 0 bridgehead atoms. The minimum absolute atomic E-state index is 0.236. The number of hydrogen-bond acceptors (Lipinski definition) is 5. The van der Waals surface area contributed by atoms with Crippen molar-refractivity contribution in [1.82, 2.24) is 5.16 Å². The van der Waals surface area contributed by atoms with Gasteiger partial charge in [-0.2, -0.15) is 0 Å². The van der Waals surface area contributed by atoms with Crippen molar-refractivity contribution in [3.05, 3.63) is 76.4 Å². The normalized spacial score (nSPS) is 14.9. The zero-order valence-electron chi connectivity index (χ0n) is 16.0. The van der Waals surface area contributed by atoms with Crippen LogP contribution in [0.1, 0.15) is 28.1 Å². The molecule has 0 saturated carbocycles. The Morgan fingerprint density at radius 2 is 1.96 bits per heavy atom. The molecule has 0 radical (unpaired) electrons. The maximum absolute atomic E-state index is 13.3. The first-order valence-electron chi connectivity index (χ1n) is 9.02. The Labute approximate surface area is 163 Å². The fraction of sp³-hybridized carbons (Fsp3) is 0.182. The lowest BCUT2D eigenvalue weighted by molar-refractivity contribution is -0.117. The summed E-state index contributed by atoms with van der Waals surface area (Å²) in [5, 5.41) is 3.99. The van der Waals surface area contributed by atoms with Gasteiger partial charge in [0.05, 0.1) is 17.9 Å². The molecule has 0 saturated heterocycles. The largest absolute Gasteiger partial charge is 0.449 e. The van der Waals surface area contributed by atoms with Crippen molar-refractivity contribution in [3.63, 3.8) is 0 Å². The molecule has 0 unspecified atom stereocenters. The monoisotopic (exact) mass is 375 g/mol. The highest BCUT2D eigenvalue weighted by Gasteiger charge is 2.32. The zero-order valence-corrected chi connectivity index (χ0v) is 16.0. The van der Waals surface area contributed by atoms with Gasteiger partial charge in [0, 0.05) is 11.3 Å². The quantitative estimate of drug-likeness (QED) is 0.549. The van der Waals surface area contributed by atoms with Crippen molar-refractivity contribution in [1.29, 1.82) is 0 Å². The van der Waals surface area contributed by atoms with E-state index in [2.05, 4.69) is 5.16 Å². The standard InChI is InChI=1S/C22H21N3O3/c1-13-5-4-6-16(9-13)10-21-22(26)25(12-18-14(2)24-28-15(18)3)19-11-17(23)7-8-20(19)27-21/h4-11H,12,23H2,1-3H3/b21-10+. The van der Waals surface area contributed by atoms with E-state index >= 15 is 0 Å². The summed E-state index contributed by atoms with van der Waals surface area (Å²) in [6.07, 6.45) is 1.76. The second kappa shape index (κ2) is 6.88. The van der Waals surface area contributed by atoms with Crippen molar-refractivity contribution in [3.8, 4) is 5.75 Å². The van der Waals surface area contributed by atoms with Crippen LogP contribution >= 0.6 is 0 Å². The van der Waals surface area contributed by atoms with Gasteiger partial charge in [0.25, 0.3) is 5.91 Å². The predicted octanol–water partition coefficient (Wildman–Crippen LogP) is 4.15. The second-order valence-electron chi connectivity index (χ2n) is 6.95. The number of fused-ring (bicyclic) bond motifs is 1. The smallest absolute Gasteiger partial charge is 0.294 e. The SMILES string of the molecule is Cc1cccc(/C=C2/Oc3ccc(N)cc3N(Cc3c(C)noc3C)C2=O)c1. The first-order chi connectivity index (χ1) is 13.4. The van der Waals surface area contributed by atoms with E-state index in [0.29, 0.717) is 29.4 Å². The summed E-state index contributed by atoms with van der Waals surface area (Å²) in [6.45, 7) is 6.03. The van der Waals surface area contributed by atoms with Gasteiger partial charge in [-0.15, -0.1) is 0 Å². The number of anilines is 2. The van der Waals surface area contributed by atoms with E-state index in [-0.39, 0.29) is 11.7 Å². The molecular weight excluding hydrogens is 354 g/mol. The van der Waals surface area contributed by atoms with E-state index in [1.807, 2.05) is 45.0 Å². The lowest BCUT2D eigenvalue weighted by Gasteiger charge is -2.30. The summed E-state index contributed by atoms with van der Waals surface area (Å²) >= 11 is 0. The third-order valence-electron chi connectivity index (χ3n) is 4.79. The van der Waals surface area contributed by atoms with E-state index in [1.165, 1.54) is 0 Å². The molecule has 1 aromatic heterocycles. The Bertz CT molecular complexity index is 1080. The molecule has 2 N–H and O–H groups in total. The number of benzene rings is 2. The van der Waals surface area contributed by atoms with Crippen LogP contribution in [0.3, 0.4) is 0 Å². The van der Waals surface area contributed by atoms with Crippen LogP contribution in [0.25, 0.3) is 6.08 Å². The van der Waals surface area contributed by atoms with E-state index in [1.54, 1.807) is 29.2 Å². The van der Waals surface area contributed by atoms with Crippen molar-refractivity contribution < 1.29 is 14.1 Å². The molecule has 4 rings (SSSR count). The highest BCUT2D eigenvalue weighted by molar-refractivity contribution is 6.10. The van der Waals surface area contributed by atoms with Crippen LogP contribution in [0, 0.1) is 20.8 Å². The molecule has 0 fully saturated rings. The van der Waals surface area contributed by atoms with Crippen LogP contribution in [0.2, 0.25) is 0 Å². The molecule has 0 aliphatic carbocycles. The van der Waals surface area contributed by atoms with Gasteiger partial charge in [-0.3, -0.25) is 9.69 Å². The number of rotatable bonds is 3. The van der Waals surface area contributed by atoms with Gasteiger partial charge in [-0.05, 0) is 50.6 Å². The third kappa shape index (κ3) is 3.24. The number of nitrogen functional groups attached to an aromatic ring is 1. The van der Waals surface area contributed by atoms with Crippen LogP contribution < -0.4 is 15.4 Å². The first kappa shape index (κ1) is 17.9. The molecule has 2 heterocycles. The number of hydrogen-bond donors (Lipinski definition) is 1. The molecule has 1 aliphatic rings.